The van der Waals surface area contributed by atoms with Gasteiger partial charge >= 0.3 is 6.03 Å². The number of phenolic OH excluding ortho intramolecular Hbond substituents is 1. The summed E-state index contributed by atoms with van der Waals surface area (Å²) < 4.78 is 5.01. The van der Waals surface area contributed by atoms with E-state index in [4.69, 9.17) is 16.3 Å². The van der Waals surface area contributed by atoms with E-state index in [0.29, 0.717) is 23.7 Å². The summed E-state index contributed by atoms with van der Waals surface area (Å²) >= 11 is 5.86. The van der Waals surface area contributed by atoms with Crippen LogP contribution in [-0.4, -0.2) is 67.9 Å². The molecule has 23 heavy (non-hydrogen) atoms. The van der Waals surface area contributed by atoms with Crippen molar-refractivity contribution in [2.45, 2.75) is 13.5 Å². The first-order valence-electron chi connectivity index (χ1n) is 7.67. The van der Waals surface area contributed by atoms with Gasteiger partial charge in [-0.2, -0.15) is 0 Å². The van der Waals surface area contributed by atoms with Gasteiger partial charge in [0.2, 0.25) is 0 Å². The molecule has 0 spiro atoms. The maximum atomic E-state index is 11.8. The summed E-state index contributed by atoms with van der Waals surface area (Å²) in [4.78, 5) is 14.9. The maximum absolute atomic E-state index is 11.8. The molecule has 1 aromatic rings. The first-order chi connectivity index (χ1) is 11.0. The zero-order chi connectivity index (χ0) is 17.2. The van der Waals surface area contributed by atoms with Crippen molar-refractivity contribution >= 4 is 17.6 Å². The van der Waals surface area contributed by atoms with Crippen molar-refractivity contribution < 1.29 is 14.6 Å². The normalized spacial score (nSPS) is 13.7. The Labute approximate surface area is 143 Å². The number of ether oxygens (including phenoxy) is 1. The van der Waals surface area contributed by atoms with E-state index in [1.165, 1.54) is 11.0 Å². The predicted molar refractivity (Wildman–Crippen MR) is 92.0 cm³/mol. The zero-order valence-corrected chi connectivity index (χ0v) is 14.8. The van der Waals surface area contributed by atoms with Crippen molar-refractivity contribution in [3.63, 3.8) is 0 Å². The van der Waals surface area contributed by atoms with Crippen LogP contribution in [0.25, 0.3) is 0 Å². The van der Waals surface area contributed by atoms with E-state index in [-0.39, 0.29) is 11.8 Å². The Morgan fingerprint density at radius 3 is 2.43 bits per heavy atom. The average Bonchev–Trinajstić information content (AvgIpc) is 2.57. The van der Waals surface area contributed by atoms with Crippen LogP contribution in [0.3, 0.4) is 0 Å². The van der Waals surface area contributed by atoms with Crippen LogP contribution in [-0.2, 0) is 11.3 Å². The number of halogens is 1. The summed E-state index contributed by atoms with van der Waals surface area (Å²) in [6.07, 6.45) is 0. The Balaban J connectivity index is 0.000000366. The van der Waals surface area contributed by atoms with Crippen molar-refractivity contribution in [1.29, 1.82) is 0 Å². The van der Waals surface area contributed by atoms with Crippen LogP contribution in [0, 0.1) is 0 Å². The van der Waals surface area contributed by atoms with E-state index in [0.717, 1.165) is 26.3 Å². The molecule has 1 aliphatic rings. The van der Waals surface area contributed by atoms with Crippen LogP contribution in [0.15, 0.2) is 18.2 Å². The van der Waals surface area contributed by atoms with E-state index in [1.807, 2.05) is 6.92 Å². The number of phenols is 1. The molecule has 0 saturated carbocycles. The molecule has 1 fully saturated rings. The number of morpholine rings is 1. The van der Waals surface area contributed by atoms with Crippen LogP contribution >= 0.6 is 11.6 Å². The van der Waals surface area contributed by atoms with Gasteiger partial charge in [-0.15, -0.1) is 0 Å². The maximum Gasteiger partial charge on any atom is 0.319 e. The number of amides is 2. The first-order valence-corrected chi connectivity index (χ1v) is 8.05. The number of rotatable bonds is 3. The minimum Gasteiger partial charge on any atom is -0.508 e. The van der Waals surface area contributed by atoms with Gasteiger partial charge in [0.05, 0.1) is 19.8 Å². The van der Waals surface area contributed by atoms with Crippen molar-refractivity contribution in [1.82, 2.24) is 15.1 Å². The molecule has 130 valence electrons. The molecular weight excluding hydrogens is 318 g/mol. The number of nitrogens with one attached hydrogen (secondary N) is 1. The Morgan fingerprint density at radius 2 is 2.00 bits per heavy atom. The second-order valence-corrected chi connectivity index (χ2v) is 5.76. The van der Waals surface area contributed by atoms with Crippen LogP contribution in [0.1, 0.15) is 12.5 Å². The Morgan fingerprint density at radius 1 is 1.35 bits per heavy atom. The fourth-order valence-electron chi connectivity index (χ4n) is 2.00. The van der Waals surface area contributed by atoms with E-state index < -0.39 is 0 Å². The SMILES string of the molecule is C1COCCN1.CCN(Cc1cc(Cl)ccc1O)C(=O)N(C)C. The van der Waals surface area contributed by atoms with Crippen LogP contribution in [0.4, 0.5) is 4.79 Å². The van der Waals surface area contributed by atoms with E-state index >= 15 is 0 Å². The van der Waals surface area contributed by atoms with Crippen LogP contribution in [0.2, 0.25) is 5.02 Å². The van der Waals surface area contributed by atoms with E-state index in [1.54, 1.807) is 31.1 Å². The van der Waals surface area contributed by atoms with Crippen molar-refractivity contribution in [3.8, 4) is 5.75 Å². The monoisotopic (exact) mass is 343 g/mol. The first kappa shape index (κ1) is 19.5. The number of urea groups is 1. The molecule has 0 unspecified atom stereocenters. The van der Waals surface area contributed by atoms with Gasteiger partial charge in [0.15, 0.2) is 0 Å². The number of aromatic hydroxyl groups is 1. The van der Waals surface area contributed by atoms with Gasteiger partial charge in [0.25, 0.3) is 0 Å². The molecular formula is C16H26ClN3O3. The molecule has 0 aromatic heterocycles. The molecule has 1 heterocycles. The quantitative estimate of drug-likeness (QED) is 0.882. The summed E-state index contributed by atoms with van der Waals surface area (Å²) in [7, 11) is 3.39. The highest BCUT2D eigenvalue weighted by molar-refractivity contribution is 6.30. The lowest BCUT2D eigenvalue weighted by atomic mass is 10.2. The number of nitrogens with zero attached hydrogens (tertiary/aromatic N) is 2. The third-order valence-corrected chi connectivity index (χ3v) is 3.52. The lowest BCUT2D eigenvalue weighted by Gasteiger charge is -2.25. The average molecular weight is 344 g/mol. The standard InChI is InChI=1S/C12H17ClN2O2.C4H9NO/c1-4-15(12(17)14(2)3)8-9-7-10(13)5-6-11(9)16;1-3-6-4-2-5-1/h5-7,16H,4,8H2,1-3H3;5H,1-4H2. The fourth-order valence-corrected chi connectivity index (χ4v) is 2.19. The molecule has 7 heteroatoms. The van der Waals surface area contributed by atoms with Gasteiger partial charge in [0.1, 0.15) is 5.75 Å². The summed E-state index contributed by atoms with van der Waals surface area (Å²) in [5.74, 6) is 0.152. The molecule has 0 bridgehead atoms. The molecule has 2 N–H and O–H groups in total. The van der Waals surface area contributed by atoms with Gasteiger partial charge in [-0.3, -0.25) is 0 Å². The fraction of sp³-hybridized carbons (Fsp3) is 0.562. The number of carbonyl (C=O) groups excluding carboxylic acids is 1. The van der Waals surface area contributed by atoms with Crippen molar-refractivity contribution in [2.24, 2.45) is 0 Å². The summed E-state index contributed by atoms with van der Waals surface area (Å²) in [5.41, 5.74) is 0.648. The molecule has 0 aliphatic carbocycles. The highest BCUT2D eigenvalue weighted by atomic mass is 35.5. The topological polar surface area (TPSA) is 65.0 Å². The highest BCUT2D eigenvalue weighted by Crippen LogP contribution is 2.23. The third-order valence-electron chi connectivity index (χ3n) is 3.28. The molecule has 1 aromatic carbocycles. The molecule has 0 atom stereocenters. The second kappa shape index (κ2) is 10.3. The number of benzene rings is 1. The van der Waals surface area contributed by atoms with E-state index in [2.05, 4.69) is 5.32 Å². The summed E-state index contributed by atoms with van der Waals surface area (Å²) in [5, 5.41) is 13.4. The van der Waals surface area contributed by atoms with Crippen LogP contribution in [0.5, 0.6) is 5.75 Å². The van der Waals surface area contributed by atoms with Gasteiger partial charge in [0, 0.05) is 44.3 Å². The van der Waals surface area contributed by atoms with Gasteiger partial charge in [-0.25, -0.2) is 4.79 Å². The Hall–Kier alpha value is -1.50. The number of hydrogen-bond donors (Lipinski definition) is 2. The zero-order valence-electron chi connectivity index (χ0n) is 14.0. The highest BCUT2D eigenvalue weighted by Gasteiger charge is 2.15. The molecule has 2 amide bonds. The molecule has 0 radical (unpaired) electrons. The molecule has 1 aliphatic heterocycles. The summed E-state index contributed by atoms with van der Waals surface area (Å²) in [6.45, 7) is 6.64. The van der Waals surface area contributed by atoms with Crippen LogP contribution < -0.4 is 5.32 Å². The minimum absolute atomic E-state index is 0.0909. The number of hydrogen-bond acceptors (Lipinski definition) is 4. The molecule has 6 nitrogen and oxygen atoms in total. The van der Waals surface area contributed by atoms with E-state index in [9.17, 15) is 9.90 Å². The predicted octanol–water partition coefficient (Wildman–Crippen LogP) is 2.16. The van der Waals surface area contributed by atoms with Gasteiger partial charge in [-0.1, -0.05) is 11.6 Å². The molecule has 2 rings (SSSR count). The lowest BCUT2D eigenvalue weighted by molar-refractivity contribution is 0.109. The third kappa shape index (κ3) is 7.07. The minimum atomic E-state index is -0.0909. The van der Waals surface area contributed by atoms with Gasteiger partial charge < -0.3 is 25.0 Å². The number of carbonyl (C=O) groups is 1. The van der Waals surface area contributed by atoms with Crippen molar-refractivity contribution in [2.75, 3.05) is 46.9 Å². The lowest BCUT2D eigenvalue weighted by Crippen LogP contribution is -2.38. The molecule has 1 saturated heterocycles. The Kier molecular flexibility index (Phi) is 8.76. The van der Waals surface area contributed by atoms with Crippen molar-refractivity contribution in [3.05, 3.63) is 28.8 Å². The summed E-state index contributed by atoms with van der Waals surface area (Å²) in [6, 6.07) is 4.73. The second-order valence-electron chi connectivity index (χ2n) is 5.33. The Bertz CT molecular complexity index is 482. The van der Waals surface area contributed by atoms with Gasteiger partial charge in [-0.05, 0) is 25.1 Å². The smallest absolute Gasteiger partial charge is 0.319 e. The largest absolute Gasteiger partial charge is 0.508 e.